The van der Waals surface area contributed by atoms with Crippen LogP contribution in [0.2, 0.25) is 0 Å². The number of hydrogen-bond donors (Lipinski definition) is 1. The molecule has 2 N–H and O–H groups in total. The first-order valence-electron chi connectivity index (χ1n) is 9.73. The Balaban J connectivity index is 1.91. The Morgan fingerprint density at radius 2 is 1.90 bits per heavy atom. The Morgan fingerprint density at radius 1 is 1.13 bits per heavy atom. The van der Waals surface area contributed by atoms with Crippen LogP contribution in [0.3, 0.4) is 0 Å². The Hall–Kier alpha value is -2.71. The lowest BCUT2D eigenvalue weighted by atomic mass is 10.0. The third kappa shape index (κ3) is 3.61. The topological polar surface area (TPSA) is 59.4 Å². The van der Waals surface area contributed by atoms with E-state index in [-0.39, 0.29) is 5.56 Å². The van der Waals surface area contributed by atoms with Crippen molar-refractivity contribution >= 4 is 22.8 Å². The van der Waals surface area contributed by atoms with Gasteiger partial charge in [-0.25, -0.2) is 18.8 Å². The van der Waals surface area contributed by atoms with Crippen LogP contribution in [0.15, 0.2) is 59.8 Å². The van der Waals surface area contributed by atoms with Gasteiger partial charge < -0.3 is 10.3 Å². The first kappa shape index (κ1) is 20.6. The Kier molecular flexibility index (Phi) is 5.62. The maximum absolute atomic E-state index is 14.6. The summed E-state index contributed by atoms with van der Waals surface area (Å²) in [7, 11) is 1.90. The van der Waals surface area contributed by atoms with Crippen LogP contribution in [-0.4, -0.2) is 21.1 Å². The maximum atomic E-state index is 14.6. The monoisotopic (exact) mass is 427 g/mol. The average molecular weight is 428 g/mol. The predicted molar refractivity (Wildman–Crippen MR) is 117 cm³/mol. The summed E-state index contributed by atoms with van der Waals surface area (Å²) in [6.07, 6.45) is 3.30. The molecule has 1 atom stereocenters. The van der Waals surface area contributed by atoms with Crippen LogP contribution >= 0.6 is 11.8 Å². The molecule has 2 heterocycles. The van der Waals surface area contributed by atoms with Gasteiger partial charge in [0.15, 0.2) is 0 Å². The summed E-state index contributed by atoms with van der Waals surface area (Å²) >= 11 is 1.41. The molecule has 0 saturated carbocycles. The zero-order valence-electron chi connectivity index (χ0n) is 16.8. The molecule has 0 spiro atoms. The van der Waals surface area contributed by atoms with Gasteiger partial charge in [-0.05, 0) is 50.1 Å². The Labute approximate surface area is 178 Å². The molecule has 1 aliphatic heterocycles. The molecule has 1 aromatic heterocycles. The SMILES string of the molecule is Cc1cn(C)c(N2N=C(c3cc(F)ccc3F)SC2(CCCN)c2ccccc2)n1. The molecule has 0 amide bonds. The number of aryl methyl sites for hydroxylation is 2. The number of nitrogens with two attached hydrogens (primary N) is 1. The van der Waals surface area contributed by atoms with Crippen molar-refractivity contribution in [2.45, 2.75) is 24.6 Å². The fourth-order valence-corrected chi connectivity index (χ4v) is 5.11. The highest BCUT2D eigenvalue weighted by atomic mass is 32.2. The molecule has 5 nitrogen and oxygen atoms in total. The van der Waals surface area contributed by atoms with Crippen LogP contribution in [0.5, 0.6) is 0 Å². The third-order valence-corrected chi connectivity index (χ3v) is 6.51. The minimum Gasteiger partial charge on any atom is -0.330 e. The van der Waals surface area contributed by atoms with Crippen molar-refractivity contribution in [3.63, 3.8) is 0 Å². The van der Waals surface area contributed by atoms with E-state index < -0.39 is 16.5 Å². The molecule has 156 valence electrons. The highest BCUT2D eigenvalue weighted by Gasteiger charge is 2.47. The Bertz CT molecular complexity index is 1080. The zero-order chi connectivity index (χ0) is 21.3. The molecule has 0 saturated heterocycles. The standard InChI is InChI=1S/C22H23F2N5S/c1-15-14-28(2)21(26-15)29-22(11-6-12-25,16-7-4-3-5-8-16)30-20(27-29)18-13-17(23)9-10-19(18)24/h3-5,7-10,13-14H,6,11-12,25H2,1-2H3. The molecule has 30 heavy (non-hydrogen) atoms. The van der Waals surface area contributed by atoms with Gasteiger partial charge in [0.25, 0.3) is 0 Å². The fourth-order valence-electron chi connectivity index (χ4n) is 3.69. The number of anilines is 1. The summed E-state index contributed by atoms with van der Waals surface area (Å²) < 4.78 is 30.4. The average Bonchev–Trinajstić information content (AvgIpc) is 3.28. The van der Waals surface area contributed by atoms with Gasteiger partial charge in [0, 0.05) is 18.8 Å². The molecule has 3 aromatic rings. The van der Waals surface area contributed by atoms with E-state index in [0.29, 0.717) is 24.0 Å². The molecular weight excluding hydrogens is 404 g/mol. The third-order valence-electron chi connectivity index (χ3n) is 5.06. The molecule has 1 unspecified atom stereocenters. The fraction of sp³-hybridized carbons (Fsp3) is 0.273. The summed E-state index contributed by atoms with van der Waals surface area (Å²) in [4.78, 5) is 3.98. The number of nitrogens with zero attached hydrogens (tertiary/aromatic N) is 4. The van der Waals surface area contributed by atoms with E-state index in [2.05, 4.69) is 4.98 Å². The lowest BCUT2D eigenvalue weighted by Gasteiger charge is -2.36. The van der Waals surface area contributed by atoms with Gasteiger partial charge in [0.2, 0.25) is 5.95 Å². The summed E-state index contributed by atoms with van der Waals surface area (Å²) in [5, 5.41) is 7.01. The molecule has 0 fully saturated rings. The summed E-state index contributed by atoms with van der Waals surface area (Å²) in [5.74, 6) is -0.387. The number of hydrazone groups is 1. The normalized spacial score (nSPS) is 18.7. The summed E-state index contributed by atoms with van der Waals surface area (Å²) in [6.45, 7) is 2.42. The molecule has 2 aromatic carbocycles. The number of thioether (sulfide) groups is 1. The van der Waals surface area contributed by atoms with Gasteiger partial charge in [0.05, 0.1) is 5.69 Å². The van der Waals surface area contributed by atoms with Crippen LogP contribution in [0, 0.1) is 18.6 Å². The van der Waals surface area contributed by atoms with Crippen molar-refractivity contribution in [2.75, 3.05) is 11.6 Å². The molecule has 0 aliphatic carbocycles. The maximum Gasteiger partial charge on any atom is 0.228 e. The molecular formula is C22H23F2N5S. The highest BCUT2D eigenvalue weighted by Crippen LogP contribution is 2.51. The van der Waals surface area contributed by atoms with Gasteiger partial charge in [-0.15, -0.1) is 0 Å². The number of imidazole rings is 1. The second kappa shape index (κ2) is 8.20. The van der Waals surface area contributed by atoms with Gasteiger partial charge >= 0.3 is 0 Å². The van der Waals surface area contributed by atoms with E-state index in [1.54, 1.807) is 0 Å². The molecule has 8 heteroatoms. The van der Waals surface area contributed by atoms with E-state index in [4.69, 9.17) is 10.8 Å². The number of benzene rings is 2. The molecule has 1 aliphatic rings. The lowest BCUT2D eigenvalue weighted by molar-refractivity contribution is 0.513. The van der Waals surface area contributed by atoms with Crippen molar-refractivity contribution in [1.29, 1.82) is 0 Å². The molecule has 0 bridgehead atoms. The number of aromatic nitrogens is 2. The van der Waals surface area contributed by atoms with Gasteiger partial charge in [-0.1, -0.05) is 42.1 Å². The lowest BCUT2D eigenvalue weighted by Crippen LogP contribution is -2.39. The van der Waals surface area contributed by atoms with Crippen molar-refractivity contribution in [3.05, 3.63) is 83.2 Å². The van der Waals surface area contributed by atoms with Crippen LogP contribution in [0.25, 0.3) is 0 Å². The van der Waals surface area contributed by atoms with E-state index in [9.17, 15) is 8.78 Å². The van der Waals surface area contributed by atoms with Crippen LogP contribution in [-0.2, 0) is 11.9 Å². The number of halogens is 2. The summed E-state index contributed by atoms with van der Waals surface area (Å²) in [5.41, 5.74) is 7.84. The number of rotatable bonds is 6. The highest BCUT2D eigenvalue weighted by molar-refractivity contribution is 8.15. The minimum atomic E-state index is -0.680. The number of hydrogen-bond acceptors (Lipinski definition) is 5. The van der Waals surface area contributed by atoms with E-state index in [0.717, 1.165) is 29.8 Å². The second-order valence-electron chi connectivity index (χ2n) is 7.28. The second-order valence-corrected chi connectivity index (χ2v) is 8.55. The Morgan fingerprint density at radius 3 is 2.57 bits per heavy atom. The largest absolute Gasteiger partial charge is 0.330 e. The smallest absolute Gasteiger partial charge is 0.228 e. The van der Waals surface area contributed by atoms with Crippen LogP contribution < -0.4 is 10.7 Å². The van der Waals surface area contributed by atoms with Gasteiger partial charge in [-0.3, -0.25) is 0 Å². The van der Waals surface area contributed by atoms with Gasteiger partial charge in [-0.2, -0.15) is 5.10 Å². The van der Waals surface area contributed by atoms with Gasteiger partial charge in [0.1, 0.15) is 21.5 Å². The molecule has 0 radical (unpaired) electrons. The van der Waals surface area contributed by atoms with Crippen LogP contribution in [0.1, 0.15) is 29.7 Å². The zero-order valence-corrected chi connectivity index (χ0v) is 17.7. The quantitative estimate of drug-likeness (QED) is 0.629. The van der Waals surface area contributed by atoms with Crippen molar-refractivity contribution in [1.82, 2.24) is 9.55 Å². The predicted octanol–water partition coefficient (Wildman–Crippen LogP) is 4.51. The van der Waals surface area contributed by atoms with E-state index in [1.165, 1.54) is 17.8 Å². The van der Waals surface area contributed by atoms with Crippen molar-refractivity contribution in [3.8, 4) is 0 Å². The molecule has 4 rings (SSSR count). The van der Waals surface area contributed by atoms with E-state index in [1.807, 2.05) is 60.1 Å². The minimum absolute atomic E-state index is 0.140. The first-order chi connectivity index (χ1) is 14.4. The van der Waals surface area contributed by atoms with Crippen LogP contribution in [0.4, 0.5) is 14.7 Å². The van der Waals surface area contributed by atoms with Crippen molar-refractivity contribution in [2.24, 2.45) is 17.9 Å². The summed E-state index contributed by atoms with van der Waals surface area (Å²) in [6, 6.07) is 13.3. The van der Waals surface area contributed by atoms with Crippen molar-refractivity contribution < 1.29 is 8.78 Å². The van der Waals surface area contributed by atoms with E-state index >= 15 is 0 Å². The first-order valence-corrected chi connectivity index (χ1v) is 10.5.